The zero-order chi connectivity index (χ0) is 19.1. The summed E-state index contributed by atoms with van der Waals surface area (Å²) in [6, 6.07) is 13.7. The van der Waals surface area contributed by atoms with E-state index in [2.05, 4.69) is 11.2 Å². The number of rotatable bonds is 4. The second kappa shape index (κ2) is 6.93. The van der Waals surface area contributed by atoms with Crippen LogP contribution in [0.25, 0.3) is 10.9 Å². The first-order chi connectivity index (χ1) is 13.7. The molecule has 6 nitrogen and oxygen atoms in total. The van der Waals surface area contributed by atoms with Crippen LogP contribution in [-0.4, -0.2) is 38.2 Å². The highest BCUT2D eigenvalue weighted by Crippen LogP contribution is 2.38. The number of carbonyl (C=O) groups excluding carboxylic acids is 1. The molecule has 0 N–H and O–H groups in total. The highest BCUT2D eigenvalue weighted by atomic mass is 16.2. The molecule has 5 rings (SSSR count). The standard InChI is InChI=1S/C22H24N4O2/c27-21-8-7-19(16-5-6-16)23-26(21)18-10-13-24(14-11-18)22(28)15-25-12-9-17-3-1-2-4-20(17)25/h1-4,7-9,12,16,18H,5-6,10-11,13-15H2. The summed E-state index contributed by atoms with van der Waals surface area (Å²) in [6.07, 6.45) is 5.87. The van der Waals surface area contributed by atoms with Crippen molar-refractivity contribution in [2.45, 2.75) is 44.2 Å². The average molecular weight is 376 g/mol. The Morgan fingerprint density at radius 3 is 2.57 bits per heavy atom. The van der Waals surface area contributed by atoms with E-state index < -0.39 is 0 Å². The fourth-order valence-corrected chi connectivity index (χ4v) is 4.18. The highest BCUT2D eigenvalue weighted by molar-refractivity contribution is 5.83. The van der Waals surface area contributed by atoms with Crippen LogP contribution < -0.4 is 5.56 Å². The lowest BCUT2D eigenvalue weighted by Gasteiger charge is -2.32. The van der Waals surface area contributed by atoms with Gasteiger partial charge in [0.2, 0.25) is 5.91 Å². The van der Waals surface area contributed by atoms with Crippen LogP contribution in [0, 0.1) is 0 Å². The summed E-state index contributed by atoms with van der Waals surface area (Å²) in [4.78, 5) is 27.0. The Kier molecular flexibility index (Phi) is 4.26. The first-order valence-electron chi connectivity index (χ1n) is 10.1. The van der Waals surface area contributed by atoms with Crippen molar-refractivity contribution >= 4 is 16.8 Å². The molecule has 2 aliphatic rings. The number of amides is 1. The Labute approximate surface area is 163 Å². The van der Waals surface area contributed by atoms with Crippen molar-refractivity contribution < 1.29 is 4.79 Å². The number of aromatic nitrogens is 3. The minimum Gasteiger partial charge on any atom is -0.341 e. The van der Waals surface area contributed by atoms with E-state index in [9.17, 15) is 9.59 Å². The Balaban J connectivity index is 1.25. The van der Waals surface area contributed by atoms with Crippen molar-refractivity contribution in [2.24, 2.45) is 0 Å². The van der Waals surface area contributed by atoms with Gasteiger partial charge in [-0.1, -0.05) is 18.2 Å². The van der Waals surface area contributed by atoms with E-state index in [1.807, 2.05) is 46.0 Å². The van der Waals surface area contributed by atoms with Gasteiger partial charge in [0, 0.05) is 36.8 Å². The number of hydrogen-bond acceptors (Lipinski definition) is 3. The highest BCUT2D eigenvalue weighted by Gasteiger charge is 2.28. The summed E-state index contributed by atoms with van der Waals surface area (Å²) in [6.45, 7) is 1.70. The van der Waals surface area contributed by atoms with Crippen LogP contribution in [0.1, 0.15) is 43.3 Å². The number of piperidine rings is 1. The average Bonchev–Trinajstić information content (AvgIpc) is 3.50. The molecule has 1 saturated carbocycles. The van der Waals surface area contributed by atoms with Gasteiger partial charge >= 0.3 is 0 Å². The van der Waals surface area contributed by atoms with Gasteiger partial charge in [0.1, 0.15) is 6.54 Å². The van der Waals surface area contributed by atoms with Gasteiger partial charge in [-0.15, -0.1) is 0 Å². The van der Waals surface area contributed by atoms with Gasteiger partial charge in [-0.25, -0.2) is 4.68 Å². The number of likely N-dealkylation sites (tertiary alicyclic amines) is 1. The molecule has 0 radical (unpaired) electrons. The summed E-state index contributed by atoms with van der Waals surface area (Å²) in [5.41, 5.74) is 2.09. The first-order valence-corrected chi connectivity index (χ1v) is 10.1. The van der Waals surface area contributed by atoms with Crippen molar-refractivity contribution in [3.63, 3.8) is 0 Å². The molecule has 144 valence electrons. The van der Waals surface area contributed by atoms with E-state index in [1.54, 1.807) is 10.7 Å². The lowest BCUT2D eigenvalue weighted by molar-refractivity contribution is -0.133. The van der Waals surface area contributed by atoms with E-state index in [-0.39, 0.29) is 17.5 Å². The van der Waals surface area contributed by atoms with Crippen molar-refractivity contribution in [3.8, 4) is 0 Å². The minimum absolute atomic E-state index is 0.0343. The minimum atomic E-state index is -0.0343. The van der Waals surface area contributed by atoms with Gasteiger partial charge in [0.05, 0.1) is 11.7 Å². The van der Waals surface area contributed by atoms with Crippen LogP contribution in [0.4, 0.5) is 0 Å². The van der Waals surface area contributed by atoms with E-state index in [1.165, 1.54) is 12.8 Å². The smallest absolute Gasteiger partial charge is 0.267 e. The predicted octanol–water partition coefficient (Wildman–Crippen LogP) is 2.94. The second-order valence-electron chi connectivity index (χ2n) is 7.93. The molecule has 1 aromatic carbocycles. The maximum Gasteiger partial charge on any atom is 0.267 e. The monoisotopic (exact) mass is 376 g/mol. The predicted molar refractivity (Wildman–Crippen MR) is 107 cm³/mol. The fraction of sp³-hybridized carbons (Fsp3) is 0.409. The molecule has 3 heterocycles. The third-order valence-corrected chi connectivity index (χ3v) is 5.99. The van der Waals surface area contributed by atoms with Gasteiger partial charge in [0.15, 0.2) is 0 Å². The normalized spacial score (nSPS) is 17.9. The van der Waals surface area contributed by atoms with Crippen molar-refractivity contribution in [1.82, 2.24) is 19.2 Å². The van der Waals surface area contributed by atoms with Crippen LogP contribution in [0.3, 0.4) is 0 Å². The molecule has 6 heteroatoms. The molecule has 0 spiro atoms. The van der Waals surface area contributed by atoms with Gasteiger partial charge < -0.3 is 9.47 Å². The topological polar surface area (TPSA) is 60.1 Å². The molecule has 1 aliphatic carbocycles. The lowest BCUT2D eigenvalue weighted by atomic mass is 10.0. The van der Waals surface area contributed by atoms with Crippen LogP contribution >= 0.6 is 0 Å². The molecule has 0 atom stereocenters. The first kappa shape index (κ1) is 17.2. The van der Waals surface area contributed by atoms with E-state index in [0.29, 0.717) is 25.6 Å². The van der Waals surface area contributed by atoms with Crippen LogP contribution in [0.2, 0.25) is 0 Å². The Bertz CT molecular complexity index is 1070. The quantitative estimate of drug-likeness (QED) is 0.703. The number of nitrogens with zero attached hydrogens (tertiary/aromatic N) is 4. The Hall–Kier alpha value is -2.89. The third kappa shape index (κ3) is 3.23. The number of fused-ring (bicyclic) bond motifs is 1. The van der Waals surface area contributed by atoms with Crippen molar-refractivity contribution in [2.75, 3.05) is 13.1 Å². The fourth-order valence-electron chi connectivity index (χ4n) is 4.18. The maximum atomic E-state index is 12.8. The SMILES string of the molecule is O=C(Cn1ccc2ccccc21)N1CCC(n2nc(C3CC3)ccc2=O)CC1. The lowest BCUT2D eigenvalue weighted by Crippen LogP contribution is -2.42. The van der Waals surface area contributed by atoms with Crippen LogP contribution in [0.15, 0.2) is 53.5 Å². The largest absolute Gasteiger partial charge is 0.341 e. The van der Waals surface area contributed by atoms with Crippen molar-refractivity contribution in [3.05, 3.63) is 64.7 Å². The molecule has 2 aromatic heterocycles. The molecular weight excluding hydrogens is 352 g/mol. The maximum absolute atomic E-state index is 12.8. The number of para-hydroxylation sites is 1. The summed E-state index contributed by atoms with van der Waals surface area (Å²) < 4.78 is 3.67. The summed E-state index contributed by atoms with van der Waals surface area (Å²) in [5.74, 6) is 0.664. The molecule has 3 aromatic rings. The summed E-state index contributed by atoms with van der Waals surface area (Å²) in [7, 11) is 0. The Morgan fingerprint density at radius 1 is 1.00 bits per heavy atom. The van der Waals surface area contributed by atoms with Crippen LogP contribution in [-0.2, 0) is 11.3 Å². The van der Waals surface area contributed by atoms with E-state index in [4.69, 9.17) is 0 Å². The zero-order valence-electron chi connectivity index (χ0n) is 15.8. The number of hydrogen-bond donors (Lipinski definition) is 0. The Morgan fingerprint density at radius 2 is 1.79 bits per heavy atom. The van der Waals surface area contributed by atoms with E-state index >= 15 is 0 Å². The molecule has 1 saturated heterocycles. The zero-order valence-corrected chi connectivity index (χ0v) is 15.8. The molecule has 2 fully saturated rings. The molecular formula is C22H24N4O2. The molecule has 0 bridgehead atoms. The number of benzene rings is 1. The van der Waals surface area contributed by atoms with Crippen LogP contribution in [0.5, 0.6) is 0 Å². The van der Waals surface area contributed by atoms with Gasteiger partial charge in [-0.3, -0.25) is 9.59 Å². The summed E-state index contributed by atoms with van der Waals surface area (Å²) in [5, 5.41) is 5.77. The summed E-state index contributed by atoms with van der Waals surface area (Å²) >= 11 is 0. The van der Waals surface area contributed by atoms with Gasteiger partial charge in [-0.05, 0) is 49.3 Å². The van der Waals surface area contributed by atoms with E-state index in [0.717, 1.165) is 29.4 Å². The van der Waals surface area contributed by atoms with Gasteiger partial charge in [-0.2, -0.15) is 5.10 Å². The molecule has 28 heavy (non-hydrogen) atoms. The molecule has 0 unspecified atom stereocenters. The second-order valence-corrected chi connectivity index (χ2v) is 7.93. The molecule has 1 aliphatic heterocycles. The van der Waals surface area contributed by atoms with Gasteiger partial charge in [0.25, 0.3) is 5.56 Å². The number of carbonyl (C=O) groups is 1. The van der Waals surface area contributed by atoms with Crippen molar-refractivity contribution in [1.29, 1.82) is 0 Å². The third-order valence-electron chi connectivity index (χ3n) is 5.99. The molecule has 1 amide bonds.